The minimum atomic E-state index is 0.185. The number of amides is 1. The third-order valence-electron chi connectivity index (χ3n) is 7.42. The van der Waals surface area contributed by atoms with Crippen LogP contribution >= 0.6 is 0 Å². The maximum Gasteiger partial charge on any atom is 0.223 e. The maximum atomic E-state index is 12.9. The van der Waals surface area contributed by atoms with Crippen molar-refractivity contribution in [2.45, 2.75) is 64.1 Å². The number of hydrogen-bond acceptors (Lipinski definition) is 3. The molecule has 1 saturated heterocycles. The highest BCUT2D eigenvalue weighted by Gasteiger charge is 2.41. The SMILES string of the molecule is CC(NC(=O)C1CC2CCCC(C1)C2N)C1CCN(Cc2ccccc2)C1. The van der Waals surface area contributed by atoms with Gasteiger partial charge in [0.2, 0.25) is 5.91 Å². The molecule has 27 heavy (non-hydrogen) atoms. The largest absolute Gasteiger partial charge is 0.353 e. The second-order valence-electron chi connectivity index (χ2n) is 9.26. The van der Waals surface area contributed by atoms with Gasteiger partial charge in [-0.3, -0.25) is 9.69 Å². The van der Waals surface area contributed by atoms with Crippen LogP contribution in [-0.2, 0) is 11.3 Å². The third kappa shape index (κ3) is 4.38. The molecular formula is C23H35N3O. The van der Waals surface area contributed by atoms with Gasteiger partial charge in [-0.15, -0.1) is 0 Å². The first-order valence-corrected chi connectivity index (χ1v) is 10.9. The molecule has 3 aliphatic rings. The van der Waals surface area contributed by atoms with Gasteiger partial charge in [-0.2, -0.15) is 0 Å². The van der Waals surface area contributed by atoms with E-state index in [1.165, 1.54) is 31.2 Å². The van der Waals surface area contributed by atoms with Gasteiger partial charge in [0, 0.05) is 31.1 Å². The Bertz CT molecular complexity index is 620. The average Bonchev–Trinajstić information content (AvgIpc) is 3.11. The van der Waals surface area contributed by atoms with E-state index in [-0.39, 0.29) is 17.9 Å². The van der Waals surface area contributed by atoms with Crippen LogP contribution in [0.3, 0.4) is 0 Å². The molecule has 2 saturated carbocycles. The predicted octanol–water partition coefficient (Wildman–Crippen LogP) is 3.17. The number of nitrogens with one attached hydrogen (secondary N) is 1. The molecule has 4 rings (SSSR count). The van der Waals surface area contributed by atoms with Crippen molar-refractivity contribution in [2.24, 2.45) is 29.4 Å². The van der Waals surface area contributed by atoms with Crippen molar-refractivity contribution in [3.63, 3.8) is 0 Å². The Balaban J connectivity index is 1.27. The molecule has 1 aromatic carbocycles. The number of rotatable bonds is 5. The summed E-state index contributed by atoms with van der Waals surface area (Å²) in [4.78, 5) is 15.4. The molecule has 4 heteroatoms. The average molecular weight is 370 g/mol. The lowest BCUT2D eigenvalue weighted by Crippen LogP contribution is -2.50. The summed E-state index contributed by atoms with van der Waals surface area (Å²) in [6, 6.07) is 11.3. The third-order valence-corrected chi connectivity index (χ3v) is 7.42. The van der Waals surface area contributed by atoms with Crippen LogP contribution in [0.5, 0.6) is 0 Å². The molecule has 0 aromatic heterocycles. The summed E-state index contributed by atoms with van der Waals surface area (Å²) in [6.07, 6.45) is 6.91. The summed E-state index contributed by atoms with van der Waals surface area (Å²) >= 11 is 0. The van der Waals surface area contributed by atoms with Crippen LogP contribution < -0.4 is 11.1 Å². The number of nitrogens with two attached hydrogens (primary N) is 1. The smallest absolute Gasteiger partial charge is 0.223 e. The number of fused-ring (bicyclic) bond motifs is 2. The summed E-state index contributed by atoms with van der Waals surface area (Å²) < 4.78 is 0. The Morgan fingerprint density at radius 2 is 1.89 bits per heavy atom. The molecule has 4 unspecified atom stereocenters. The first kappa shape index (κ1) is 18.9. The lowest BCUT2D eigenvalue weighted by Gasteiger charge is -2.43. The molecule has 3 fully saturated rings. The zero-order valence-electron chi connectivity index (χ0n) is 16.6. The van der Waals surface area contributed by atoms with Crippen molar-refractivity contribution in [1.82, 2.24) is 10.2 Å². The monoisotopic (exact) mass is 369 g/mol. The molecule has 148 valence electrons. The van der Waals surface area contributed by atoms with Crippen LogP contribution in [0.1, 0.15) is 51.0 Å². The predicted molar refractivity (Wildman–Crippen MR) is 109 cm³/mol. The lowest BCUT2D eigenvalue weighted by atomic mass is 9.65. The minimum absolute atomic E-state index is 0.185. The molecule has 3 N–H and O–H groups in total. The van der Waals surface area contributed by atoms with Crippen molar-refractivity contribution in [1.29, 1.82) is 0 Å². The first-order valence-electron chi connectivity index (χ1n) is 10.9. The van der Waals surface area contributed by atoms with E-state index in [1.54, 1.807) is 0 Å². The highest BCUT2D eigenvalue weighted by molar-refractivity contribution is 5.79. The van der Waals surface area contributed by atoms with Gasteiger partial charge in [0.1, 0.15) is 0 Å². The normalized spacial score (nSPS) is 35.0. The number of benzene rings is 1. The van der Waals surface area contributed by atoms with E-state index in [0.29, 0.717) is 23.8 Å². The fourth-order valence-electron chi connectivity index (χ4n) is 5.72. The molecule has 1 heterocycles. The number of carbonyl (C=O) groups excluding carboxylic acids is 1. The van der Waals surface area contributed by atoms with Gasteiger partial charge in [0.05, 0.1) is 0 Å². The second kappa shape index (κ2) is 8.32. The summed E-state index contributed by atoms with van der Waals surface area (Å²) in [7, 11) is 0. The van der Waals surface area contributed by atoms with E-state index in [1.807, 2.05) is 0 Å². The number of hydrogen-bond donors (Lipinski definition) is 2. The van der Waals surface area contributed by atoms with Crippen LogP contribution in [0.25, 0.3) is 0 Å². The van der Waals surface area contributed by atoms with Crippen LogP contribution in [0.15, 0.2) is 30.3 Å². The first-order chi connectivity index (χ1) is 13.1. The van der Waals surface area contributed by atoms with Crippen molar-refractivity contribution in [3.8, 4) is 0 Å². The van der Waals surface area contributed by atoms with E-state index in [2.05, 4.69) is 47.5 Å². The van der Waals surface area contributed by atoms with Crippen molar-refractivity contribution in [2.75, 3.05) is 13.1 Å². The fraction of sp³-hybridized carbons (Fsp3) is 0.696. The van der Waals surface area contributed by atoms with Gasteiger partial charge in [-0.05, 0) is 68.9 Å². The van der Waals surface area contributed by atoms with Crippen LogP contribution in [0.4, 0.5) is 0 Å². The van der Waals surface area contributed by atoms with Gasteiger partial charge >= 0.3 is 0 Å². The van der Waals surface area contributed by atoms with Crippen LogP contribution in [0.2, 0.25) is 0 Å². The van der Waals surface area contributed by atoms with Crippen LogP contribution in [-0.4, -0.2) is 36.0 Å². The summed E-state index contributed by atoms with van der Waals surface area (Å²) in [6.45, 7) is 5.42. The highest BCUT2D eigenvalue weighted by Crippen LogP contribution is 2.42. The molecule has 4 atom stereocenters. The van der Waals surface area contributed by atoms with Crippen molar-refractivity contribution in [3.05, 3.63) is 35.9 Å². The maximum absolute atomic E-state index is 12.9. The Hall–Kier alpha value is -1.39. The second-order valence-corrected chi connectivity index (χ2v) is 9.26. The number of carbonyl (C=O) groups is 1. The number of nitrogens with zero attached hydrogens (tertiary/aromatic N) is 1. The van der Waals surface area contributed by atoms with Crippen LogP contribution in [0, 0.1) is 23.7 Å². The van der Waals surface area contributed by atoms with E-state index < -0.39 is 0 Å². The summed E-state index contributed by atoms with van der Waals surface area (Å²) in [5, 5.41) is 3.37. The molecule has 4 nitrogen and oxygen atoms in total. The molecule has 1 aromatic rings. The molecule has 1 amide bonds. The van der Waals surface area contributed by atoms with Gasteiger partial charge in [0.15, 0.2) is 0 Å². The molecule has 1 aliphatic heterocycles. The van der Waals surface area contributed by atoms with Crippen molar-refractivity contribution >= 4 is 5.91 Å². The standard InChI is InChI=1S/C23H35N3O/c1-16(20-10-11-26(15-20)14-17-6-3-2-4-7-17)25-23(27)21-12-18-8-5-9-19(13-21)22(18)24/h2-4,6-7,16,18-22H,5,8-15,24H2,1H3,(H,25,27). The molecule has 0 radical (unpaired) electrons. The van der Waals surface area contributed by atoms with Crippen molar-refractivity contribution < 1.29 is 4.79 Å². The molecule has 2 aliphatic carbocycles. The Labute approximate surface area is 163 Å². The van der Waals surface area contributed by atoms with Gasteiger partial charge in [-0.25, -0.2) is 0 Å². The highest BCUT2D eigenvalue weighted by atomic mass is 16.1. The number of likely N-dealkylation sites (tertiary alicyclic amines) is 1. The van der Waals surface area contributed by atoms with Gasteiger partial charge in [0.25, 0.3) is 0 Å². The molecular weight excluding hydrogens is 334 g/mol. The summed E-state index contributed by atoms with van der Waals surface area (Å²) in [5.74, 6) is 2.16. The van der Waals surface area contributed by atoms with Gasteiger partial charge in [-0.1, -0.05) is 36.8 Å². The van der Waals surface area contributed by atoms with Gasteiger partial charge < -0.3 is 11.1 Å². The van der Waals surface area contributed by atoms with E-state index in [4.69, 9.17) is 5.73 Å². The zero-order chi connectivity index (χ0) is 18.8. The zero-order valence-corrected chi connectivity index (χ0v) is 16.6. The molecule has 0 spiro atoms. The topological polar surface area (TPSA) is 58.4 Å². The Kier molecular flexibility index (Phi) is 5.84. The molecule has 2 bridgehead atoms. The van der Waals surface area contributed by atoms with E-state index in [0.717, 1.165) is 32.5 Å². The fourth-order valence-corrected chi connectivity index (χ4v) is 5.72. The Morgan fingerprint density at radius 3 is 2.59 bits per heavy atom. The minimum Gasteiger partial charge on any atom is -0.353 e. The summed E-state index contributed by atoms with van der Waals surface area (Å²) in [5.41, 5.74) is 7.76. The van der Waals surface area contributed by atoms with E-state index >= 15 is 0 Å². The quantitative estimate of drug-likeness (QED) is 0.838. The Morgan fingerprint density at radius 1 is 1.19 bits per heavy atom. The lowest BCUT2D eigenvalue weighted by molar-refractivity contribution is -0.128. The van der Waals surface area contributed by atoms with E-state index in [9.17, 15) is 4.79 Å².